The van der Waals surface area contributed by atoms with Crippen molar-refractivity contribution in [2.45, 2.75) is 47.0 Å². The largest absolute Gasteiger partial charge is 0.288 e. The molecule has 1 fully saturated rings. The summed E-state index contributed by atoms with van der Waals surface area (Å²) in [6.07, 6.45) is 3.43. The molecule has 6 nitrogen and oxygen atoms in total. The molecule has 0 unspecified atom stereocenters. The summed E-state index contributed by atoms with van der Waals surface area (Å²) in [5.41, 5.74) is 4.14. The molecule has 2 rings (SSSR count). The lowest BCUT2D eigenvalue weighted by Gasteiger charge is -2.30. The molecule has 0 bridgehead atoms. The molecule has 1 aromatic rings. The average Bonchev–Trinajstić information content (AvgIpc) is 2.40. The van der Waals surface area contributed by atoms with E-state index in [1.807, 2.05) is 0 Å². The van der Waals surface area contributed by atoms with E-state index in [9.17, 15) is 4.79 Å². The third kappa shape index (κ3) is 3.43. The number of rotatable bonds is 3. The van der Waals surface area contributed by atoms with E-state index in [-0.39, 0.29) is 5.56 Å². The lowest BCUT2D eigenvalue weighted by molar-refractivity contribution is 0.364. The van der Waals surface area contributed by atoms with E-state index in [1.165, 1.54) is 18.6 Å². The summed E-state index contributed by atoms with van der Waals surface area (Å²) >= 11 is 0. The summed E-state index contributed by atoms with van der Waals surface area (Å²) in [4.78, 5) is 14.1. The Morgan fingerprint density at radius 3 is 2.75 bits per heavy atom. The van der Waals surface area contributed by atoms with Crippen molar-refractivity contribution in [3.63, 3.8) is 0 Å². The highest BCUT2D eigenvalue weighted by Crippen LogP contribution is 2.31. The van der Waals surface area contributed by atoms with Crippen LogP contribution < -0.4 is 11.0 Å². The predicted molar refractivity (Wildman–Crippen MR) is 79.8 cm³/mol. The highest BCUT2D eigenvalue weighted by Gasteiger charge is 2.27. The molecule has 0 radical (unpaired) electrons. The SMILES string of the molecule is Cc1nnc(N/N=C2/C[C@@H](C)CC[C@@H]2C(C)C)[nH]c1=O. The van der Waals surface area contributed by atoms with Crippen molar-refractivity contribution in [3.8, 4) is 0 Å². The van der Waals surface area contributed by atoms with Gasteiger partial charge in [-0.2, -0.15) is 5.10 Å². The third-order valence-corrected chi connectivity index (χ3v) is 3.93. The number of aryl methyl sites for hydroxylation is 1. The van der Waals surface area contributed by atoms with Gasteiger partial charge in [-0.1, -0.05) is 20.8 Å². The number of nitrogens with one attached hydrogen (secondary N) is 2. The van der Waals surface area contributed by atoms with Crippen LogP contribution in [0.3, 0.4) is 0 Å². The summed E-state index contributed by atoms with van der Waals surface area (Å²) < 4.78 is 0. The quantitative estimate of drug-likeness (QED) is 0.831. The second kappa shape index (κ2) is 6.15. The van der Waals surface area contributed by atoms with Crippen LogP contribution in [0.5, 0.6) is 0 Å². The first kappa shape index (κ1) is 14.7. The zero-order valence-electron chi connectivity index (χ0n) is 12.6. The monoisotopic (exact) mass is 277 g/mol. The molecule has 1 aliphatic carbocycles. The van der Waals surface area contributed by atoms with Crippen LogP contribution in [0.2, 0.25) is 0 Å². The lowest BCUT2D eigenvalue weighted by atomic mass is 9.76. The van der Waals surface area contributed by atoms with Crippen molar-refractivity contribution in [1.82, 2.24) is 15.2 Å². The Labute approximate surface area is 119 Å². The fourth-order valence-electron chi connectivity index (χ4n) is 2.66. The number of aromatic amines is 1. The Bertz CT molecular complexity index is 549. The zero-order chi connectivity index (χ0) is 14.7. The van der Waals surface area contributed by atoms with Gasteiger partial charge in [0, 0.05) is 11.6 Å². The van der Waals surface area contributed by atoms with Gasteiger partial charge < -0.3 is 0 Å². The van der Waals surface area contributed by atoms with E-state index in [0.717, 1.165) is 6.42 Å². The molecule has 6 heteroatoms. The van der Waals surface area contributed by atoms with Gasteiger partial charge >= 0.3 is 0 Å². The number of H-pyrrole nitrogens is 1. The van der Waals surface area contributed by atoms with Crippen LogP contribution in [0.4, 0.5) is 5.95 Å². The minimum atomic E-state index is -0.236. The molecule has 0 amide bonds. The van der Waals surface area contributed by atoms with Gasteiger partial charge in [0.05, 0.1) is 0 Å². The predicted octanol–water partition coefficient (Wildman–Crippen LogP) is 2.33. The molecule has 2 N–H and O–H groups in total. The zero-order valence-corrected chi connectivity index (χ0v) is 12.6. The van der Waals surface area contributed by atoms with Crippen LogP contribution in [0.25, 0.3) is 0 Å². The van der Waals surface area contributed by atoms with Crippen molar-refractivity contribution in [3.05, 3.63) is 16.0 Å². The number of nitrogens with zero attached hydrogens (tertiary/aromatic N) is 3. The van der Waals surface area contributed by atoms with E-state index in [1.54, 1.807) is 6.92 Å². The van der Waals surface area contributed by atoms with Gasteiger partial charge in [-0.05, 0) is 38.0 Å². The minimum absolute atomic E-state index is 0.236. The first-order chi connectivity index (χ1) is 9.47. The molecule has 20 heavy (non-hydrogen) atoms. The van der Waals surface area contributed by atoms with E-state index in [0.29, 0.717) is 29.4 Å². The second-order valence-electron chi connectivity index (χ2n) is 6.04. The van der Waals surface area contributed by atoms with Crippen LogP contribution in [-0.4, -0.2) is 20.9 Å². The maximum absolute atomic E-state index is 11.5. The van der Waals surface area contributed by atoms with Gasteiger partial charge in [-0.25, -0.2) is 5.43 Å². The normalized spacial score (nSPS) is 25.1. The molecular weight excluding hydrogens is 254 g/mol. The topological polar surface area (TPSA) is 83.0 Å². The molecule has 0 spiro atoms. The van der Waals surface area contributed by atoms with Crippen molar-refractivity contribution < 1.29 is 0 Å². The molecule has 2 atom stereocenters. The number of anilines is 1. The van der Waals surface area contributed by atoms with Crippen LogP contribution in [0.1, 0.15) is 45.7 Å². The average molecular weight is 277 g/mol. The summed E-state index contributed by atoms with van der Waals surface area (Å²) in [6, 6.07) is 0. The smallest absolute Gasteiger partial charge is 0.274 e. The van der Waals surface area contributed by atoms with Gasteiger partial charge in [-0.15, -0.1) is 10.2 Å². The highest BCUT2D eigenvalue weighted by molar-refractivity contribution is 5.88. The van der Waals surface area contributed by atoms with Gasteiger partial charge in [-0.3, -0.25) is 9.78 Å². The van der Waals surface area contributed by atoms with Gasteiger partial charge in [0.15, 0.2) is 0 Å². The Hall–Kier alpha value is -1.72. The molecule has 0 aromatic carbocycles. The van der Waals surface area contributed by atoms with Crippen molar-refractivity contribution in [1.29, 1.82) is 0 Å². The lowest BCUT2D eigenvalue weighted by Crippen LogP contribution is -2.28. The summed E-state index contributed by atoms with van der Waals surface area (Å²) in [7, 11) is 0. The Morgan fingerprint density at radius 2 is 2.10 bits per heavy atom. The molecule has 110 valence electrons. The standard InChI is InChI=1S/C14H23N5O/c1-8(2)11-6-5-9(3)7-12(11)17-19-14-15-13(20)10(4)16-18-14/h8-9,11H,5-7H2,1-4H3,(H2,15,18,19,20)/b17-12-/t9-,11+/m0/s1. The second-order valence-corrected chi connectivity index (χ2v) is 6.04. The van der Waals surface area contributed by atoms with Crippen LogP contribution in [0.15, 0.2) is 9.90 Å². The van der Waals surface area contributed by atoms with Gasteiger partial charge in [0.25, 0.3) is 5.56 Å². The fraction of sp³-hybridized carbons (Fsp3) is 0.714. The van der Waals surface area contributed by atoms with Crippen molar-refractivity contribution >= 4 is 11.7 Å². The Kier molecular flexibility index (Phi) is 4.52. The number of aromatic nitrogens is 3. The Morgan fingerprint density at radius 1 is 1.35 bits per heavy atom. The maximum atomic E-state index is 11.5. The summed E-state index contributed by atoms with van der Waals surface area (Å²) in [6.45, 7) is 8.33. The fourth-order valence-corrected chi connectivity index (χ4v) is 2.66. The number of hydrazone groups is 1. The summed E-state index contributed by atoms with van der Waals surface area (Å²) in [5, 5.41) is 12.1. The van der Waals surface area contributed by atoms with E-state index in [4.69, 9.17) is 0 Å². The Balaban J connectivity index is 2.14. The molecule has 1 aromatic heterocycles. The van der Waals surface area contributed by atoms with Crippen molar-refractivity contribution in [2.24, 2.45) is 22.9 Å². The third-order valence-electron chi connectivity index (χ3n) is 3.93. The first-order valence-corrected chi connectivity index (χ1v) is 7.23. The van der Waals surface area contributed by atoms with Gasteiger partial charge in [0.2, 0.25) is 5.95 Å². The molecule has 1 saturated carbocycles. The number of hydrogen-bond donors (Lipinski definition) is 2. The van der Waals surface area contributed by atoms with E-state index in [2.05, 4.69) is 46.5 Å². The van der Waals surface area contributed by atoms with Crippen molar-refractivity contribution in [2.75, 3.05) is 5.43 Å². The summed E-state index contributed by atoms with van der Waals surface area (Å²) in [5.74, 6) is 2.04. The minimum Gasteiger partial charge on any atom is -0.288 e. The number of hydrogen-bond acceptors (Lipinski definition) is 5. The maximum Gasteiger partial charge on any atom is 0.274 e. The first-order valence-electron chi connectivity index (χ1n) is 7.23. The van der Waals surface area contributed by atoms with Crippen LogP contribution >= 0.6 is 0 Å². The van der Waals surface area contributed by atoms with E-state index < -0.39 is 0 Å². The molecular formula is C14H23N5O. The van der Waals surface area contributed by atoms with E-state index >= 15 is 0 Å². The van der Waals surface area contributed by atoms with Crippen LogP contribution in [0, 0.1) is 24.7 Å². The molecule has 0 aliphatic heterocycles. The molecule has 0 saturated heterocycles. The highest BCUT2D eigenvalue weighted by atomic mass is 16.1. The molecule has 1 heterocycles. The van der Waals surface area contributed by atoms with Crippen LogP contribution in [-0.2, 0) is 0 Å². The van der Waals surface area contributed by atoms with Gasteiger partial charge in [0.1, 0.15) is 5.69 Å². The molecule has 1 aliphatic rings.